The minimum atomic E-state index is -1.10. The highest BCUT2D eigenvalue weighted by Gasteiger charge is 2.31. The second kappa shape index (κ2) is 8.51. The molecule has 8 nitrogen and oxygen atoms in total. The maximum absolute atomic E-state index is 12.9. The summed E-state index contributed by atoms with van der Waals surface area (Å²) in [6, 6.07) is 12.5. The van der Waals surface area contributed by atoms with Crippen LogP contribution in [0.2, 0.25) is 0 Å². The van der Waals surface area contributed by atoms with Gasteiger partial charge in [-0.05, 0) is 25.0 Å². The predicted octanol–water partition coefficient (Wildman–Crippen LogP) is 3.12. The fraction of sp³-hybridized carbons (Fsp3) is 0.300. The molecule has 8 heteroatoms. The van der Waals surface area contributed by atoms with Crippen molar-refractivity contribution in [1.29, 1.82) is 0 Å². The summed E-state index contributed by atoms with van der Waals surface area (Å²) in [6.07, 6.45) is 0.713. The Morgan fingerprint density at radius 2 is 1.79 bits per heavy atom. The monoisotopic (exact) mass is 384 g/mol. The maximum atomic E-state index is 12.9. The van der Waals surface area contributed by atoms with Gasteiger partial charge in [0.05, 0.1) is 17.6 Å². The zero-order chi connectivity index (χ0) is 20.1. The summed E-state index contributed by atoms with van der Waals surface area (Å²) in [6.45, 7) is 1.24. The minimum Gasteiger partial charge on any atom is -0.490 e. The molecule has 0 bridgehead atoms. The van der Waals surface area contributed by atoms with E-state index in [1.807, 2.05) is 0 Å². The number of likely N-dealkylation sites (tertiary alicyclic amines) is 1. The number of benzene rings is 2. The molecule has 0 aliphatic carbocycles. The van der Waals surface area contributed by atoms with Gasteiger partial charge in [0.25, 0.3) is 5.91 Å². The lowest BCUT2D eigenvalue weighted by atomic mass is 10.1. The second-order valence-corrected chi connectivity index (χ2v) is 6.37. The Labute approximate surface area is 161 Å². The van der Waals surface area contributed by atoms with Crippen molar-refractivity contribution in [2.24, 2.45) is 0 Å². The molecule has 1 aliphatic rings. The molecule has 1 heterocycles. The molecule has 0 saturated carbocycles. The van der Waals surface area contributed by atoms with Gasteiger partial charge in [-0.2, -0.15) is 0 Å². The van der Waals surface area contributed by atoms with Crippen molar-refractivity contribution >= 4 is 17.6 Å². The molecule has 3 rings (SSSR count). The summed E-state index contributed by atoms with van der Waals surface area (Å²) in [5, 5.41) is 11.2. The van der Waals surface area contributed by atoms with E-state index in [1.54, 1.807) is 35.2 Å². The highest BCUT2D eigenvalue weighted by atomic mass is 16.6. The number of hydrogen-bond donors (Lipinski definition) is 0. The summed E-state index contributed by atoms with van der Waals surface area (Å²) in [4.78, 5) is 37.8. The van der Waals surface area contributed by atoms with Gasteiger partial charge in [0.2, 0.25) is 6.10 Å². The Morgan fingerprint density at radius 1 is 1.11 bits per heavy atom. The van der Waals surface area contributed by atoms with Crippen LogP contribution in [0, 0.1) is 10.1 Å². The van der Waals surface area contributed by atoms with Gasteiger partial charge in [0.1, 0.15) is 0 Å². The van der Waals surface area contributed by atoms with Gasteiger partial charge in [0.15, 0.2) is 5.75 Å². The van der Waals surface area contributed by atoms with Gasteiger partial charge >= 0.3 is 11.7 Å². The fourth-order valence-corrected chi connectivity index (χ4v) is 3.13. The van der Waals surface area contributed by atoms with Crippen molar-refractivity contribution in [3.8, 4) is 5.75 Å². The number of methoxy groups -OCH3 is 1. The van der Waals surface area contributed by atoms with E-state index in [1.165, 1.54) is 19.2 Å². The Bertz CT molecular complexity index is 878. The third kappa shape index (κ3) is 4.11. The quantitative estimate of drug-likeness (QED) is 0.431. The third-order valence-corrected chi connectivity index (χ3v) is 4.58. The van der Waals surface area contributed by atoms with Crippen molar-refractivity contribution in [2.75, 3.05) is 20.2 Å². The number of esters is 1. The van der Waals surface area contributed by atoms with Gasteiger partial charge in [-0.3, -0.25) is 14.9 Å². The van der Waals surface area contributed by atoms with Crippen LogP contribution in [0.25, 0.3) is 0 Å². The zero-order valence-corrected chi connectivity index (χ0v) is 15.4. The fourth-order valence-electron chi connectivity index (χ4n) is 3.13. The molecule has 2 aromatic rings. The smallest absolute Gasteiger partial charge is 0.339 e. The lowest BCUT2D eigenvalue weighted by Crippen LogP contribution is -2.34. The Morgan fingerprint density at radius 3 is 2.39 bits per heavy atom. The number of nitro benzene ring substituents is 1. The van der Waals surface area contributed by atoms with Crippen LogP contribution >= 0.6 is 0 Å². The van der Waals surface area contributed by atoms with Crippen molar-refractivity contribution < 1.29 is 24.0 Å². The first-order chi connectivity index (χ1) is 13.5. The molecule has 1 amide bonds. The number of rotatable bonds is 6. The van der Waals surface area contributed by atoms with Crippen LogP contribution in [-0.2, 0) is 9.53 Å². The predicted molar refractivity (Wildman–Crippen MR) is 100 cm³/mol. The van der Waals surface area contributed by atoms with Crippen LogP contribution in [-0.4, -0.2) is 41.9 Å². The summed E-state index contributed by atoms with van der Waals surface area (Å²) in [5.74, 6) is -1.07. The number of nitro groups is 1. The molecule has 28 heavy (non-hydrogen) atoms. The number of amides is 1. The Balaban J connectivity index is 1.88. The van der Waals surface area contributed by atoms with Crippen LogP contribution in [0.15, 0.2) is 48.5 Å². The number of nitrogens with zero attached hydrogens (tertiary/aromatic N) is 2. The topological polar surface area (TPSA) is 99.0 Å². The molecular formula is C20H20N2O6. The van der Waals surface area contributed by atoms with E-state index in [9.17, 15) is 19.7 Å². The van der Waals surface area contributed by atoms with Crippen LogP contribution < -0.4 is 4.74 Å². The van der Waals surface area contributed by atoms with Crippen LogP contribution in [0.3, 0.4) is 0 Å². The lowest BCUT2D eigenvalue weighted by Gasteiger charge is -2.23. The summed E-state index contributed by atoms with van der Waals surface area (Å²) < 4.78 is 10.5. The zero-order valence-electron chi connectivity index (χ0n) is 15.4. The number of carbonyl (C=O) groups excluding carboxylic acids is 2. The lowest BCUT2D eigenvalue weighted by molar-refractivity contribution is -0.385. The Kier molecular flexibility index (Phi) is 5.88. The van der Waals surface area contributed by atoms with Gasteiger partial charge in [-0.25, -0.2) is 4.79 Å². The first-order valence-corrected chi connectivity index (χ1v) is 8.88. The van der Waals surface area contributed by atoms with E-state index in [-0.39, 0.29) is 22.9 Å². The molecular weight excluding hydrogens is 364 g/mol. The summed E-state index contributed by atoms with van der Waals surface area (Å²) in [5.41, 5.74) is 0.178. The number of hydrogen-bond acceptors (Lipinski definition) is 6. The van der Waals surface area contributed by atoms with Gasteiger partial charge in [-0.1, -0.05) is 30.3 Å². The van der Waals surface area contributed by atoms with Crippen LogP contribution in [0.4, 0.5) is 5.69 Å². The number of ether oxygens (including phenoxy) is 2. The standard InChI is InChI=1S/C20H20N2O6/c1-27-17-10-9-15(13-16(17)22(25)26)20(24)28-18(14-7-3-2-4-8-14)19(23)21-11-5-6-12-21/h2-4,7-10,13,18H,5-6,11-12H2,1H3/t18-/m1/s1. The molecule has 0 radical (unpaired) electrons. The molecule has 1 saturated heterocycles. The number of carbonyl (C=O) groups is 2. The molecule has 1 aliphatic heterocycles. The van der Waals surface area contributed by atoms with E-state index in [4.69, 9.17) is 9.47 Å². The van der Waals surface area contributed by atoms with Crippen molar-refractivity contribution in [2.45, 2.75) is 18.9 Å². The van der Waals surface area contributed by atoms with Gasteiger partial charge < -0.3 is 14.4 Å². The molecule has 1 atom stereocenters. The normalized spacial score (nSPS) is 14.4. The maximum Gasteiger partial charge on any atom is 0.339 e. The summed E-state index contributed by atoms with van der Waals surface area (Å²) >= 11 is 0. The highest BCUT2D eigenvalue weighted by molar-refractivity contribution is 5.93. The van der Waals surface area contributed by atoms with Crippen molar-refractivity contribution in [1.82, 2.24) is 4.90 Å². The summed E-state index contributed by atoms with van der Waals surface area (Å²) in [7, 11) is 1.31. The Hall–Kier alpha value is -3.42. The molecule has 0 aromatic heterocycles. The van der Waals surface area contributed by atoms with E-state index < -0.39 is 17.0 Å². The molecule has 0 N–H and O–H groups in total. The molecule has 2 aromatic carbocycles. The van der Waals surface area contributed by atoms with Gasteiger partial charge in [0, 0.05) is 24.7 Å². The SMILES string of the molecule is COc1ccc(C(=O)O[C@@H](C(=O)N2CCCC2)c2ccccc2)cc1[N+](=O)[O-]. The second-order valence-electron chi connectivity index (χ2n) is 6.37. The first-order valence-electron chi connectivity index (χ1n) is 8.88. The van der Waals surface area contributed by atoms with E-state index in [0.29, 0.717) is 18.7 Å². The largest absolute Gasteiger partial charge is 0.490 e. The van der Waals surface area contributed by atoms with Crippen molar-refractivity contribution in [3.63, 3.8) is 0 Å². The van der Waals surface area contributed by atoms with Gasteiger partial charge in [-0.15, -0.1) is 0 Å². The minimum absolute atomic E-state index is 0.0253. The average Bonchev–Trinajstić information content (AvgIpc) is 3.26. The van der Waals surface area contributed by atoms with Crippen molar-refractivity contribution in [3.05, 3.63) is 69.8 Å². The molecule has 0 spiro atoms. The van der Waals surface area contributed by atoms with E-state index >= 15 is 0 Å². The average molecular weight is 384 g/mol. The molecule has 0 unspecified atom stereocenters. The van der Waals surface area contributed by atoms with Crippen LogP contribution in [0.1, 0.15) is 34.9 Å². The van der Waals surface area contributed by atoms with E-state index in [0.717, 1.165) is 18.9 Å². The molecule has 1 fully saturated rings. The van der Waals surface area contributed by atoms with Crippen LogP contribution in [0.5, 0.6) is 5.75 Å². The van der Waals surface area contributed by atoms with E-state index in [2.05, 4.69) is 0 Å². The third-order valence-electron chi connectivity index (χ3n) is 4.58. The molecule has 146 valence electrons. The highest BCUT2D eigenvalue weighted by Crippen LogP contribution is 2.29. The first kappa shape index (κ1) is 19.3.